The number of nitrogens with zero attached hydrogens (tertiary/aromatic N) is 3. The molecule has 0 fully saturated rings. The smallest absolute Gasteiger partial charge is 0.196 e. The number of aromatic nitrogens is 1. The molecule has 0 spiro atoms. The van der Waals surface area contributed by atoms with Gasteiger partial charge in [0.15, 0.2) is 5.78 Å². The lowest BCUT2D eigenvalue weighted by molar-refractivity contribution is 0.104. The van der Waals surface area contributed by atoms with Crippen LogP contribution in [0.5, 0.6) is 5.75 Å². The van der Waals surface area contributed by atoms with Crippen molar-refractivity contribution in [2.45, 2.75) is 19.8 Å². The molecule has 2 aliphatic heterocycles. The third-order valence-corrected chi connectivity index (χ3v) is 5.70. The van der Waals surface area contributed by atoms with E-state index < -0.39 is 0 Å². The molecule has 5 heteroatoms. The van der Waals surface area contributed by atoms with E-state index in [9.17, 15) is 4.79 Å². The summed E-state index contributed by atoms with van der Waals surface area (Å²) in [4.78, 5) is 25.3. The zero-order valence-corrected chi connectivity index (χ0v) is 17.2. The highest BCUT2D eigenvalue weighted by molar-refractivity contribution is 6.35. The number of amidine groups is 1. The Morgan fingerprint density at radius 2 is 1.90 bits per heavy atom. The molecule has 150 valence electrons. The van der Waals surface area contributed by atoms with E-state index in [0.717, 1.165) is 65.4 Å². The monoisotopic (exact) mass is 397 g/mol. The van der Waals surface area contributed by atoms with Crippen molar-refractivity contribution in [1.29, 1.82) is 0 Å². The Labute approximate surface area is 175 Å². The van der Waals surface area contributed by atoms with Gasteiger partial charge in [-0.1, -0.05) is 29.8 Å². The highest BCUT2D eigenvalue weighted by Crippen LogP contribution is 2.34. The first kappa shape index (κ1) is 18.6. The Kier molecular flexibility index (Phi) is 4.58. The quantitative estimate of drug-likeness (QED) is 0.594. The minimum absolute atomic E-state index is 0.00104. The van der Waals surface area contributed by atoms with Crippen LogP contribution in [0, 0.1) is 6.92 Å². The van der Waals surface area contributed by atoms with Crippen LogP contribution in [0.15, 0.2) is 59.1 Å². The highest BCUT2D eigenvalue weighted by Gasteiger charge is 2.31. The fraction of sp³-hybridized carbons (Fsp3) is 0.240. The van der Waals surface area contributed by atoms with Crippen molar-refractivity contribution in [3.63, 3.8) is 0 Å². The molecular formula is C25H23N3O2. The normalized spacial score (nSPS) is 15.6. The van der Waals surface area contributed by atoms with Crippen LogP contribution < -0.4 is 9.64 Å². The maximum absolute atomic E-state index is 13.4. The van der Waals surface area contributed by atoms with Crippen LogP contribution in [0.2, 0.25) is 0 Å². The van der Waals surface area contributed by atoms with Gasteiger partial charge in [-0.25, -0.2) is 4.98 Å². The Morgan fingerprint density at radius 3 is 2.70 bits per heavy atom. The fourth-order valence-electron chi connectivity index (χ4n) is 4.04. The van der Waals surface area contributed by atoms with E-state index >= 15 is 0 Å². The van der Waals surface area contributed by atoms with Gasteiger partial charge >= 0.3 is 0 Å². The van der Waals surface area contributed by atoms with Gasteiger partial charge in [0, 0.05) is 35.7 Å². The molecule has 0 atom stereocenters. The molecule has 0 bridgehead atoms. The maximum Gasteiger partial charge on any atom is 0.196 e. The van der Waals surface area contributed by atoms with Crippen molar-refractivity contribution in [3.05, 3.63) is 70.8 Å². The van der Waals surface area contributed by atoms with Gasteiger partial charge in [-0.2, -0.15) is 0 Å². The second-order valence-electron chi connectivity index (χ2n) is 7.78. The molecule has 2 aliphatic rings. The van der Waals surface area contributed by atoms with Gasteiger partial charge in [-0.15, -0.1) is 0 Å². The summed E-state index contributed by atoms with van der Waals surface area (Å²) in [5.41, 5.74) is 4.28. The minimum Gasteiger partial charge on any atom is -0.497 e. The number of ketones is 1. The lowest BCUT2D eigenvalue weighted by Gasteiger charge is -2.30. The zero-order valence-electron chi connectivity index (χ0n) is 17.2. The number of carbonyl (C=O) groups is 1. The predicted molar refractivity (Wildman–Crippen MR) is 121 cm³/mol. The summed E-state index contributed by atoms with van der Waals surface area (Å²) in [5.74, 6) is 2.37. The lowest BCUT2D eigenvalue weighted by atomic mass is 9.95. The molecule has 0 saturated heterocycles. The van der Waals surface area contributed by atoms with Crippen molar-refractivity contribution in [3.8, 4) is 5.75 Å². The van der Waals surface area contributed by atoms with E-state index in [2.05, 4.69) is 11.0 Å². The van der Waals surface area contributed by atoms with E-state index in [4.69, 9.17) is 14.7 Å². The average Bonchev–Trinajstić information content (AvgIpc) is 3.03. The number of carbonyl (C=O) groups excluding carboxylic acids is 1. The Balaban J connectivity index is 1.68. The number of Topliss-reactive ketones (excluding diaryl/α,β-unsaturated/α-hetero) is 1. The number of hydrogen-bond donors (Lipinski definition) is 0. The number of hydrogen-bond acceptors (Lipinski definition) is 5. The Morgan fingerprint density at radius 1 is 1.07 bits per heavy atom. The largest absolute Gasteiger partial charge is 0.497 e. The number of fused-ring (bicyclic) bond motifs is 4. The molecule has 5 nitrogen and oxygen atoms in total. The fourth-order valence-corrected chi connectivity index (χ4v) is 4.04. The third-order valence-electron chi connectivity index (χ3n) is 5.70. The van der Waals surface area contributed by atoms with Gasteiger partial charge in [0.05, 0.1) is 18.2 Å². The number of ether oxygens (including phenoxy) is 1. The van der Waals surface area contributed by atoms with Gasteiger partial charge in [-0.05, 0) is 44.0 Å². The first-order chi connectivity index (χ1) is 14.6. The molecular weight excluding hydrogens is 374 g/mol. The molecule has 0 unspecified atom stereocenters. The Hall–Kier alpha value is -3.47. The molecule has 0 radical (unpaired) electrons. The SMILES string of the molecule is COc1ccc2cc3c(nc2c1)N1CCCCN=C1C(C(=O)c1ccc(C)cc1)=C3. The van der Waals surface area contributed by atoms with Crippen molar-refractivity contribution in [1.82, 2.24) is 4.98 Å². The molecule has 1 aromatic heterocycles. The van der Waals surface area contributed by atoms with Crippen LogP contribution in [-0.4, -0.2) is 36.8 Å². The second kappa shape index (κ2) is 7.41. The van der Waals surface area contributed by atoms with Crippen molar-refractivity contribution in [2.24, 2.45) is 4.99 Å². The average molecular weight is 397 g/mol. The van der Waals surface area contributed by atoms with Crippen molar-refractivity contribution >= 4 is 34.4 Å². The lowest BCUT2D eigenvalue weighted by Crippen LogP contribution is -2.38. The number of anilines is 1. The Bertz CT molecular complexity index is 1210. The number of pyridine rings is 1. The molecule has 2 aromatic carbocycles. The topological polar surface area (TPSA) is 54.8 Å². The molecule has 3 heterocycles. The molecule has 0 N–H and O–H groups in total. The van der Waals surface area contributed by atoms with Gasteiger partial charge in [0.25, 0.3) is 0 Å². The number of rotatable bonds is 3. The first-order valence-electron chi connectivity index (χ1n) is 10.3. The van der Waals surface area contributed by atoms with E-state index in [1.165, 1.54) is 0 Å². The molecule has 0 aliphatic carbocycles. The number of methoxy groups -OCH3 is 1. The molecule has 0 saturated carbocycles. The van der Waals surface area contributed by atoms with Gasteiger partial charge in [0.1, 0.15) is 17.4 Å². The van der Waals surface area contributed by atoms with E-state index in [1.807, 2.05) is 55.5 Å². The summed E-state index contributed by atoms with van der Waals surface area (Å²) < 4.78 is 5.36. The molecule has 3 aromatic rings. The summed E-state index contributed by atoms with van der Waals surface area (Å²) in [6.45, 7) is 3.54. The standard InChI is InChI=1S/C25H23N3O2/c1-16-5-7-17(8-6-16)23(29)21-14-19-13-18-9-10-20(30-2)15-22(18)27-24(19)28-12-4-3-11-26-25(21)28/h5-10,13-15H,3-4,11-12H2,1-2H3. The highest BCUT2D eigenvalue weighted by atomic mass is 16.5. The van der Waals surface area contributed by atoms with Crippen molar-refractivity contribution in [2.75, 3.05) is 25.1 Å². The van der Waals surface area contributed by atoms with Crippen LogP contribution in [0.1, 0.15) is 34.3 Å². The van der Waals surface area contributed by atoms with Crippen LogP contribution in [0.4, 0.5) is 5.82 Å². The van der Waals surface area contributed by atoms with E-state index in [-0.39, 0.29) is 5.78 Å². The van der Waals surface area contributed by atoms with Gasteiger partial charge in [0.2, 0.25) is 0 Å². The van der Waals surface area contributed by atoms with Crippen LogP contribution in [0.3, 0.4) is 0 Å². The summed E-state index contributed by atoms with van der Waals surface area (Å²) in [7, 11) is 1.66. The van der Waals surface area contributed by atoms with E-state index in [0.29, 0.717) is 11.1 Å². The predicted octanol–water partition coefficient (Wildman–Crippen LogP) is 4.83. The molecule has 30 heavy (non-hydrogen) atoms. The second-order valence-corrected chi connectivity index (χ2v) is 7.78. The number of aliphatic imine (C=N–C) groups is 1. The zero-order chi connectivity index (χ0) is 20.7. The first-order valence-corrected chi connectivity index (χ1v) is 10.3. The van der Waals surface area contributed by atoms with Crippen LogP contribution >= 0.6 is 0 Å². The van der Waals surface area contributed by atoms with E-state index in [1.54, 1.807) is 7.11 Å². The van der Waals surface area contributed by atoms with Gasteiger partial charge < -0.3 is 9.64 Å². The summed E-state index contributed by atoms with van der Waals surface area (Å²) in [6.07, 6.45) is 3.97. The number of aryl methyl sites for hydroxylation is 1. The summed E-state index contributed by atoms with van der Waals surface area (Å²) in [6, 6.07) is 15.7. The van der Waals surface area contributed by atoms with Crippen molar-refractivity contribution < 1.29 is 9.53 Å². The maximum atomic E-state index is 13.4. The van der Waals surface area contributed by atoms with Crippen LogP contribution in [0.25, 0.3) is 17.0 Å². The molecule has 0 amide bonds. The third kappa shape index (κ3) is 3.16. The van der Waals surface area contributed by atoms with Gasteiger partial charge in [-0.3, -0.25) is 9.79 Å². The van der Waals surface area contributed by atoms with Crippen LogP contribution in [-0.2, 0) is 0 Å². The summed E-state index contributed by atoms with van der Waals surface area (Å²) >= 11 is 0. The summed E-state index contributed by atoms with van der Waals surface area (Å²) in [5, 5.41) is 1.02. The molecule has 5 rings (SSSR count). The number of benzene rings is 2. The minimum atomic E-state index is 0.00104.